The molecule has 1 aliphatic carbocycles. The fourth-order valence-electron chi connectivity index (χ4n) is 4.17. The molecule has 0 aliphatic heterocycles. The van der Waals surface area contributed by atoms with Gasteiger partial charge in [0.15, 0.2) is 0 Å². The van der Waals surface area contributed by atoms with E-state index in [4.69, 9.17) is 0 Å². The molecular formula is C16H32. The lowest BCUT2D eigenvalue weighted by atomic mass is 9.52. The molecule has 16 heavy (non-hydrogen) atoms. The Kier molecular flexibility index (Phi) is 6.46. The molecule has 0 bridgehead atoms. The van der Waals surface area contributed by atoms with Crippen molar-refractivity contribution in [3.63, 3.8) is 0 Å². The third-order valence-electron chi connectivity index (χ3n) is 4.69. The maximum absolute atomic E-state index is 2.36. The standard InChI is InChI=1S/C16H32/c1-5-9-13-14(10-6-2)16(12-8-4)15(13)11-7-3/h13-16H,5-12H2,1-4H3. The highest BCUT2D eigenvalue weighted by Gasteiger charge is 2.46. The summed E-state index contributed by atoms with van der Waals surface area (Å²) < 4.78 is 0. The largest absolute Gasteiger partial charge is 0.0654 e. The van der Waals surface area contributed by atoms with E-state index in [1.165, 1.54) is 51.4 Å². The van der Waals surface area contributed by atoms with Crippen LogP contribution in [0.2, 0.25) is 0 Å². The van der Waals surface area contributed by atoms with Crippen LogP contribution in [0.3, 0.4) is 0 Å². The Hall–Kier alpha value is 0. The van der Waals surface area contributed by atoms with Crippen LogP contribution in [0.5, 0.6) is 0 Å². The van der Waals surface area contributed by atoms with Crippen molar-refractivity contribution in [1.29, 1.82) is 0 Å². The summed E-state index contributed by atoms with van der Waals surface area (Å²) in [7, 11) is 0. The molecule has 0 heterocycles. The van der Waals surface area contributed by atoms with E-state index in [0.29, 0.717) is 0 Å². The summed E-state index contributed by atoms with van der Waals surface area (Å²) >= 11 is 0. The van der Waals surface area contributed by atoms with Crippen LogP contribution in [0.15, 0.2) is 0 Å². The molecule has 0 saturated heterocycles. The lowest BCUT2D eigenvalue weighted by Crippen LogP contribution is -2.46. The number of hydrogen-bond acceptors (Lipinski definition) is 0. The summed E-state index contributed by atoms with van der Waals surface area (Å²) in [6.07, 6.45) is 11.6. The summed E-state index contributed by atoms with van der Waals surface area (Å²) in [5, 5.41) is 0. The smallest absolute Gasteiger partial charge is 0.0352 e. The predicted octanol–water partition coefficient (Wildman–Crippen LogP) is 5.67. The quantitative estimate of drug-likeness (QED) is 0.498. The van der Waals surface area contributed by atoms with Gasteiger partial charge in [-0.25, -0.2) is 0 Å². The van der Waals surface area contributed by atoms with Gasteiger partial charge >= 0.3 is 0 Å². The van der Waals surface area contributed by atoms with E-state index in [-0.39, 0.29) is 0 Å². The number of rotatable bonds is 8. The molecular weight excluding hydrogens is 192 g/mol. The molecule has 0 N–H and O–H groups in total. The van der Waals surface area contributed by atoms with Crippen LogP contribution < -0.4 is 0 Å². The van der Waals surface area contributed by atoms with Crippen LogP contribution >= 0.6 is 0 Å². The van der Waals surface area contributed by atoms with Crippen LogP contribution in [0.1, 0.15) is 79.1 Å². The normalized spacial score (nSPS) is 33.8. The van der Waals surface area contributed by atoms with Gasteiger partial charge in [-0.1, -0.05) is 79.1 Å². The molecule has 0 nitrogen and oxygen atoms in total. The second-order valence-electron chi connectivity index (χ2n) is 5.81. The highest BCUT2D eigenvalue weighted by atomic mass is 14.5. The molecule has 0 aromatic heterocycles. The first-order valence-electron chi connectivity index (χ1n) is 7.79. The molecule has 96 valence electrons. The van der Waals surface area contributed by atoms with E-state index >= 15 is 0 Å². The maximum Gasteiger partial charge on any atom is -0.0352 e. The van der Waals surface area contributed by atoms with Gasteiger partial charge in [0.2, 0.25) is 0 Å². The summed E-state index contributed by atoms with van der Waals surface area (Å²) in [5.41, 5.74) is 0. The fourth-order valence-corrected chi connectivity index (χ4v) is 4.17. The van der Waals surface area contributed by atoms with Gasteiger partial charge < -0.3 is 0 Å². The Balaban J connectivity index is 2.56. The molecule has 0 radical (unpaired) electrons. The van der Waals surface area contributed by atoms with E-state index in [9.17, 15) is 0 Å². The van der Waals surface area contributed by atoms with E-state index in [1.54, 1.807) is 0 Å². The van der Waals surface area contributed by atoms with Crippen molar-refractivity contribution in [3.8, 4) is 0 Å². The molecule has 1 rings (SSSR count). The van der Waals surface area contributed by atoms with Gasteiger partial charge in [-0.15, -0.1) is 0 Å². The summed E-state index contributed by atoms with van der Waals surface area (Å²) in [6, 6.07) is 0. The summed E-state index contributed by atoms with van der Waals surface area (Å²) in [4.78, 5) is 0. The molecule has 0 spiro atoms. The molecule has 0 amide bonds. The topological polar surface area (TPSA) is 0 Å². The predicted molar refractivity (Wildman–Crippen MR) is 73.6 cm³/mol. The van der Waals surface area contributed by atoms with Crippen molar-refractivity contribution >= 4 is 0 Å². The van der Waals surface area contributed by atoms with Gasteiger partial charge in [0, 0.05) is 0 Å². The molecule has 0 unspecified atom stereocenters. The second kappa shape index (κ2) is 7.35. The lowest BCUT2D eigenvalue weighted by molar-refractivity contribution is -0.0449. The zero-order valence-electron chi connectivity index (χ0n) is 12.0. The van der Waals surface area contributed by atoms with E-state index in [0.717, 1.165) is 23.7 Å². The van der Waals surface area contributed by atoms with Gasteiger partial charge in [0.25, 0.3) is 0 Å². The van der Waals surface area contributed by atoms with Gasteiger partial charge in [-0.05, 0) is 23.7 Å². The maximum atomic E-state index is 2.36. The van der Waals surface area contributed by atoms with E-state index in [1.807, 2.05) is 0 Å². The van der Waals surface area contributed by atoms with Crippen LogP contribution in [0, 0.1) is 23.7 Å². The molecule has 1 aliphatic rings. The van der Waals surface area contributed by atoms with Gasteiger partial charge in [-0.2, -0.15) is 0 Å². The third kappa shape index (κ3) is 3.02. The second-order valence-corrected chi connectivity index (χ2v) is 5.81. The van der Waals surface area contributed by atoms with Crippen LogP contribution in [-0.4, -0.2) is 0 Å². The van der Waals surface area contributed by atoms with Crippen LogP contribution in [-0.2, 0) is 0 Å². The minimum atomic E-state index is 1.08. The Labute approximate surface area is 103 Å². The Morgan fingerprint density at radius 1 is 0.438 bits per heavy atom. The average molecular weight is 224 g/mol. The average Bonchev–Trinajstić information content (AvgIpc) is 2.30. The van der Waals surface area contributed by atoms with Gasteiger partial charge in [0.05, 0.1) is 0 Å². The highest BCUT2D eigenvalue weighted by Crippen LogP contribution is 2.54. The van der Waals surface area contributed by atoms with Crippen molar-refractivity contribution in [3.05, 3.63) is 0 Å². The van der Waals surface area contributed by atoms with E-state index in [2.05, 4.69) is 27.7 Å². The third-order valence-corrected chi connectivity index (χ3v) is 4.69. The fraction of sp³-hybridized carbons (Fsp3) is 1.00. The Bertz CT molecular complexity index is 125. The molecule has 1 saturated carbocycles. The van der Waals surface area contributed by atoms with Crippen LogP contribution in [0.25, 0.3) is 0 Å². The first-order chi connectivity index (χ1) is 7.79. The number of hydrogen-bond donors (Lipinski definition) is 0. The van der Waals surface area contributed by atoms with Gasteiger partial charge in [0.1, 0.15) is 0 Å². The SMILES string of the molecule is CCCC1C(CCC)C(CCC)C1CCC. The zero-order valence-corrected chi connectivity index (χ0v) is 12.0. The van der Waals surface area contributed by atoms with Crippen molar-refractivity contribution in [2.24, 2.45) is 23.7 Å². The van der Waals surface area contributed by atoms with E-state index < -0.39 is 0 Å². The zero-order chi connectivity index (χ0) is 12.0. The first kappa shape index (κ1) is 14.1. The first-order valence-corrected chi connectivity index (χ1v) is 7.79. The molecule has 0 aromatic carbocycles. The minimum absolute atomic E-state index is 1.08. The molecule has 0 heteroatoms. The molecule has 0 aromatic rings. The van der Waals surface area contributed by atoms with Crippen molar-refractivity contribution in [1.82, 2.24) is 0 Å². The van der Waals surface area contributed by atoms with Crippen LogP contribution in [0.4, 0.5) is 0 Å². The monoisotopic (exact) mass is 224 g/mol. The summed E-state index contributed by atoms with van der Waals surface area (Å²) in [6.45, 7) is 9.44. The minimum Gasteiger partial charge on any atom is -0.0654 e. The summed E-state index contributed by atoms with van der Waals surface area (Å²) in [5.74, 6) is 4.34. The highest BCUT2D eigenvalue weighted by molar-refractivity contribution is 4.95. The van der Waals surface area contributed by atoms with Gasteiger partial charge in [-0.3, -0.25) is 0 Å². The lowest BCUT2D eigenvalue weighted by Gasteiger charge is -2.53. The van der Waals surface area contributed by atoms with Crippen molar-refractivity contribution in [2.45, 2.75) is 79.1 Å². The van der Waals surface area contributed by atoms with Crippen molar-refractivity contribution < 1.29 is 0 Å². The molecule has 0 atom stereocenters. The molecule has 1 fully saturated rings. The Morgan fingerprint density at radius 2 is 0.625 bits per heavy atom. The Morgan fingerprint density at radius 3 is 0.750 bits per heavy atom. The van der Waals surface area contributed by atoms with Crippen molar-refractivity contribution in [2.75, 3.05) is 0 Å².